The Kier molecular flexibility index (Phi) is 2.56. The summed E-state index contributed by atoms with van der Waals surface area (Å²) in [5.74, 6) is 0.0219. The molecule has 3 nitrogen and oxygen atoms in total. The maximum Gasteiger partial charge on any atom is 0.213 e. The molecule has 0 bridgehead atoms. The molecule has 20 heavy (non-hydrogen) atoms. The summed E-state index contributed by atoms with van der Waals surface area (Å²) in [5, 5.41) is 13.3. The second kappa shape index (κ2) is 4.21. The summed E-state index contributed by atoms with van der Waals surface area (Å²) < 4.78 is 6.01. The lowest BCUT2D eigenvalue weighted by Gasteiger charge is -2.46. The van der Waals surface area contributed by atoms with E-state index >= 15 is 0 Å². The quantitative estimate of drug-likeness (QED) is 0.797. The maximum atomic E-state index is 10.8. The minimum atomic E-state index is -0.984. The van der Waals surface area contributed by atoms with Crippen LogP contribution in [-0.2, 0) is 6.42 Å². The molecule has 0 radical (unpaired) electrons. The Labute approximate surface area is 118 Å². The van der Waals surface area contributed by atoms with E-state index in [1.54, 1.807) is 0 Å². The average molecular weight is 269 g/mol. The summed E-state index contributed by atoms with van der Waals surface area (Å²) in [6.07, 6.45) is 1.57. The van der Waals surface area contributed by atoms with Gasteiger partial charge in [-0.25, -0.2) is 0 Å². The van der Waals surface area contributed by atoms with Gasteiger partial charge in [-0.1, -0.05) is 30.3 Å². The first kappa shape index (κ1) is 12.2. The van der Waals surface area contributed by atoms with Crippen molar-refractivity contribution in [3.63, 3.8) is 0 Å². The minimum Gasteiger partial charge on any atom is -0.462 e. The van der Waals surface area contributed by atoms with Gasteiger partial charge in [0, 0.05) is 31.0 Å². The molecule has 2 atom stereocenters. The van der Waals surface area contributed by atoms with Crippen molar-refractivity contribution in [1.82, 2.24) is 4.90 Å². The third kappa shape index (κ3) is 1.74. The number of fused-ring (bicyclic) bond motifs is 4. The van der Waals surface area contributed by atoms with E-state index in [4.69, 9.17) is 4.74 Å². The lowest BCUT2D eigenvalue weighted by molar-refractivity contribution is -0.211. The van der Waals surface area contributed by atoms with Gasteiger partial charge in [0.1, 0.15) is 5.75 Å². The largest absolute Gasteiger partial charge is 0.462 e. The van der Waals surface area contributed by atoms with Crippen LogP contribution in [0.25, 0.3) is 10.8 Å². The van der Waals surface area contributed by atoms with Gasteiger partial charge in [-0.2, -0.15) is 0 Å². The number of piperidine rings is 1. The van der Waals surface area contributed by atoms with Crippen LogP contribution in [0.15, 0.2) is 36.4 Å². The molecule has 0 amide bonds. The van der Waals surface area contributed by atoms with E-state index in [0.717, 1.165) is 25.3 Å². The fraction of sp³-hybridized carbons (Fsp3) is 0.412. The highest BCUT2D eigenvalue weighted by molar-refractivity contribution is 5.88. The van der Waals surface area contributed by atoms with Crippen LogP contribution in [0.5, 0.6) is 5.75 Å². The first-order chi connectivity index (χ1) is 9.66. The van der Waals surface area contributed by atoms with Crippen LogP contribution in [0.3, 0.4) is 0 Å². The smallest absolute Gasteiger partial charge is 0.213 e. The Bertz CT molecular complexity index is 669. The van der Waals surface area contributed by atoms with Crippen molar-refractivity contribution in [1.29, 1.82) is 0 Å². The second-order valence-electron chi connectivity index (χ2n) is 6.12. The summed E-state index contributed by atoms with van der Waals surface area (Å²) in [4.78, 5) is 2.28. The highest BCUT2D eigenvalue weighted by Crippen LogP contribution is 2.42. The van der Waals surface area contributed by atoms with Crippen molar-refractivity contribution in [2.45, 2.75) is 18.6 Å². The molecule has 1 N–H and O–H groups in total. The first-order valence-electron chi connectivity index (χ1n) is 7.26. The van der Waals surface area contributed by atoms with E-state index in [9.17, 15) is 5.11 Å². The molecule has 2 aliphatic rings. The van der Waals surface area contributed by atoms with Crippen molar-refractivity contribution in [3.8, 4) is 5.75 Å². The van der Waals surface area contributed by atoms with Crippen LogP contribution < -0.4 is 4.74 Å². The van der Waals surface area contributed by atoms with Gasteiger partial charge in [0.2, 0.25) is 5.79 Å². The Balaban J connectivity index is 1.84. The zero-order valence-corrected chi connectivity index (χ0v) is 11.7. The molecule has 0 aliphatic carbocycles. The van der Waals surface area contributed by atoms with Gasteiger partial charge < -0.3 is 14.7 Å². The van der Waals surface area contributed by atoms with Crippen molar-refractivity contribution in [3.05, 3.63) is 42.0 Å². The third-order valence-corrected chi connectivity index (χ3v) is 4.76. The zero-order valence-electron chi connectivity index (χ0n) is 11.7. The van der Waals surface area contributed by atoms with Crippen LogP contribution in [0.2, 0.25) is 0 Å². The predicted octanol–water partition coefficient (Wildman–Crippen LogP) is 2.42. The molecule has 2 unspecified atom stereocenters. The summed E-state index contributed by atoms with van der Waals surface area (Å²) in [6, 6.07) is 12.5. The summed E-state index contributed by atoms with van der Waals surface area (Å²) in [5.41, 5.74) is 1.24. The van der Waals surface area contributed by atoms with Crippen molar-refractivity contribution < 1.29 is 9.84 Å². The molecule has 0 spiro atoms. The maximum absolute atomic E-state index is 10.8. The lowest BCUT2D eigenvalue weighted by atomic mass is 9.82. The fourth-order valence-electron chi connectivity index (χ4n) is 3.58. The first-order valence-corrected chi connectivity index (χ1v) is 7.26. The van der Waals surface area contributed by atoms with Crippen molar-refractivity contribution in [2.24, 2.45) is 5.92 Å². The molecule has 2 aromatic rings. The number of ether oxygens (including phenoxy) is 1. The van der Waals surface area contributed by atoms with Gasteiger partial charge in [-0.05, 0) is 30.3 Å². The van der Waals surface area contributed by atoms with Gasteiger partial charge in [-0.3, -0.25) is 0 Å². The zero-order chi connectivity index (χ0) is 13.7. The van der Waals surface area contributed by atoms with Crippen molar-refractivity contribution >= 4 is 10.8 Å². The SMILES string of the molecule is CN1CCC2(O)Oc3ccc4ccccc4c3CC2C1. The Morgan fingerprint density at radius 1 is 1.25 bits per heavy atom. The molecule has 1 saturated heterocycles. The van der Waals surface area contributed by atoms with Crippen LogP contribution in [-0.4, -0.2) is 35.9 Å². The topological polar surface area (TPSA) is 32.7 Å². The van der Waals surface area contributed by atoms with Crippen LogP contribution >= 0.6 is 0 Å². The number of hydrogen-bond donors (Lipinski definition) is 1. The predicted molar refractivity (Wildman–Crippen MR) is 78.8 cm³/mol. The normalized spacial score (nSPS) is 29.6. The molecule has 0 aromatic heterocycles. The highest BCUT2D eigenvalue weighted by Gasteiger charge is 2.46. The van der Waals surface area contributed by atoms with Crippen LogP contribution in [0, 0.1) is 5.92 Å². The number of likely N-dealkylation sites (tertiary alicyclic amines) is 1. The van der Waals surface area contributed by atoms with Gasteiger partial charge in [0.05, 0.1) is 0 Å². The van der Waals surface area contributed by atoms with E-state index in [0.29, 0.717) is 6.42 Å². The Hall–Kier alpha value is -1.58. The van der Waals surface area contributed by atoms with E-state index in [2.05, 4.69) is 42.3 Å². The summed E-state index contributed by atoms with van der Waals surface area (Å²) in [6.45, 7) is 1.77. The van der Waals surface area contributed by atoms with E-state index in [-0.39, 0.29) is 5.92 Å². The summed E-state index contributed by atoms with van der Waals surface area (Å²) in [7, 11) is 2.11. The van der Waals surface area contributed by atoms with Crippen molar-refractivity contribution in [2.75, 3.05) is 20.1 Å². The monoisotopic (exact) mass is 269 g/mol. The second-order valence-corrected chi connectivity index (χ2v) is 6.12. The molecule has 2 aromatic carbocycles. The molecule has 1 fully saturated rings. The number of benzene rings is 2. The molecular weight excluding hydrogens is 250 g/mol. The Morgan fingerprint density at radius 2 is 2.10 bits per heavy atom. The van der Waals surface area contributed by atoms with E-state index in [1.165, 1.54) is 16.3 Å². The molecule has 2 aliphatic heterocycles. The number of nitrogens with zero attached hydrogens (tertiary/aromatic N) is 1. The standard InChI is InChI=1S/C17H19NO2/c1-18-9-8-17(19)13(11-18)10-15-14-5-3-2-4-12(14)6-7-16(15)20-17/h2-7,13,19H,8-11H2,1H3. The van der Waals surface area contributed by atoms with E-state index in [1.807, 2.05) is 6.07 Å². The summed E-state index contributed by atoms with van der Waals surface area (Å²) >= 11 is 0. The van der Waals surface area contributed by atoms with Gasteiger partial charge in [0.15, 0.2) is 0 Å². The fourth-order valence-corrected chi connectivity index (χ4v) is 3.58. The molecule has 3 heteroatoms. The van der Waals surface area contributed by atoms with Gasteiger partial charge >= 0.3 is 0 Å². The molecular formula is C17H19NO2. The molecule has 0 saturated carbocycles. The van der Waals surface area contributed by atoms with Crippen LogP contribution in [0.4, 0.5) is 0 Å². The van der Waals surface area contributed by atoms with E-state index < -0.39 is 5.79 Å². The molecule has 2 heterocycles. The minimum absolute atomic E-state index is 0.152. The van der Waals surface area contributed by atoms with Crippen LogP contribution in [0.1, 0.15) is 12.0 Å². The number of rotatable bonds is 0. The molecule has 104 valence electrons. The molecule has 4 rings (SSSR count). The van der Waals surface area contributed by atoms with Gasteiger partial charge in [-0.15, -0.1) is 0 Å². The number of hydrogen-bond acceptors (Lipinski definition) is 3. The lowest BCUT2D eigenvalue weighted by Crippen LogP contribution is -2.56. The highest BCUT2D eigenvalue weighted by atomic mass is 16.6. The average Bonchev–Trinajstić information content (AvgIpc) is 2.46. The van der Waals surface area contributed by atoms with Gasteiger partial charge in [0.25, 0.3) is 0 Å². The number of aliphatic hydroxyl groups is 1. The third-order valence-electron chi connectivity index (χ3n) is 4.76. The Morgan fingerprint density at radius 3 is 3.00 bits per heavy atom.